The molecule has 0 fully saturated rings. The zero-order chi connectivity index (χ0) is 18.1. The van der Waals surface area contributed by atoms with E-state index in [0.717, 1.165) is 33.0 Å². The third-order valence-electron chi connectivity index (χ3n) is 4.42. The standard InChI is InChI=1S/C22H16O3S/c23-26(24,25)20-12-11-18-14-21(16-7-3-1-4-8-16)22(15-19(18)13-20)17-9-5-2-6-10-17/h1-15H,(H,23,24,25). The molecule has 0 radical (unpaired) electrons. The highest BCUT2D eigenvalue weighted by Gasteiger charge is 2.13. The van der Waals surface area contributed by atoms with Crippen LogP contribution in [0.15, 0.2) is 95.9 Å². The smallest absolute Gasteiger partial charge is 0.282 e. The number of rotatable bonds is 3. The van der Waals surface area contributed by atoms with E-state index in [4.69, 9.17) is 0 Å². The molecule has 3 nitrogen and oxygen atoms in total. The van der Waals surface area contributed by atoms with Crippen LogP contribution in [0.4, 0.5) is 0 Å². The lowest BCUT2D eigenvalue weighted by Crippen LogP contribution is -1.97. The Labute approximate surface area is 152 Å². The second-order valence-electron chi connectivity index (χ2n) is 6.11. The monoisotopic (exact) mass is 360 g/mol. The Balaban J connectivity index is 2.03. The van der Waals surface area contributed by atoms with Crippen molar-refractivity contribution in [3.05, 3.63) is 91.0 Å². The van der Waals surface area contributed by atoms with Crippen molar-refractivity contribution in [2.75, 3.05) is 0 Å². The Morgan fingerprint density at radius 1 is 0.577 bits per heavy atom. The summed E-state index contributed by atoms with van der Waals surface area (Å²) in [5.74, 6) is 0. The molecule has 1 N–H and O–H groups in total. The molecule has 0 atom stereocenters. The van der Waals surface area contributed by atoms with Crippen LogP contribution in [0.25, 0.3) is 33.0 Å². The molecule has 0 saturated carbocycles. The van der Waals surface area contributed by atoms with E-state index in [1.807, 2.05) is 54.6 Å². The van der Waals surface area contributed by atoms with Gasteiger partial charge in [0, 0.05) is 0 Å². The summed E-state index contributed by atoms with van der Waals surface area (Å²) in [6.07, 6.45) is 0. The largest absolute Gasteiger partial charge is 0.294 e. The van der Waals surface area contributed by atoms with Gasteiger partial charge < -0.3 is 0 Å². The van der Waals surface area contributed by atoms with Crippen molar-refractivity contribution in [2.24, 2.45) is 0 Å². The van der Waals surface area contributed by atoms with Gasteiger partial charge in [0.1, 0.15) is 0 Å². The van der Waals surface area contributed by atoms with E-state index >= 15 is 0 Å². The van der Waals surface area contributed by atoms with Gasteiger partial charge in [-0.05, 0) is 57.3 Å². The summed E-state index contributed by atoms with van der Waals surface area (Å²) in [5.41, 5.74) is 4.22. The predicted octanol–water partition coefficient (Wildman–Crippen LogP) is 5.42. The molecule has 0 spiro atoms. The van der Waals surface area contributed by atoms with Gasteiger partial charge >= 0.3 is 0 Å². The zero-order valence-electron chi connectivity index (χ0n) is 13.8. The maximum absolute atomic E-state index is 11.5. The zero-order valence-corrected chi connectivity index (χ0v) is 14.6. The van der Waals surface area contributed by atoms with Gasteiger partial charge in [-0.1, -0.05) is 66.7 Å². The summed E-state index contributed by atoms with van der Waals surface area (Å²) in [4.78, 5) is -0.100. The first-order valence-corrected chi connectivity index (χ1v) is 9.62. The minimum atomic E-state index is -4.23. The van der Waals surface area contributed by atoms with Crippen LogP contribution in [0, 0.1) is 0 Å². The summed E-state index contributed by atoms with van der Waals surface area (Å²) >= 11 is 0. The minimum absolute atomic E-state index is 0.100. The van der Waals surface area contributed by atoms with Crippen LogP contribution in [0.5, 0.6) is 0 Å². The summed E-state index contributed by atoms with van der Waals surface area (Å²) in [6, 6.07) is 28.7. The number of hydrogen-bond donors (Lipinski definition) is 1. The van der Waals surface area contributed by atoms with E-state index < -0.39 is 10.1 Å². The number of benzene rings is 4. The predicted molar refractivity (Wildman–Crippen MR) is 105 cm³/mol. The third-order valence-corrected chi connectivity index (χ3v) is 5.27. The molecular weight excluding hydrogens is 344 g/mol. The van der Waals surface area contributed by atoms with E-state index in [0.29, 0.717) is 0 Å². The molecule has 0 aliphatic heterocycles. The molecule has 0 unspecified atom stereocenters. The highest BCUT2D eigenvalue weighted by Crippen LogP contribution is 2.36. The second kappa shape index (κ2) is 6.41. The van der Waals surface area contributed by atoms with Crippen molar-refractivity contribution < 1.29 is 13.0 Å². The molecule has 4 aromatic rings. The molecule has 0 aliphatic carbocycles. The van der Waals surface area contributed by atoms with E-state index in [2.05, 4.69) is 18.2 Å². The lowest BCUT2D eigenvalue weighted by molar-refractivity contribution is 0.483. The van der Waals surface area contributed by atoms with Crippen LogP contribution in [0.2, 0.25) is 0 Å². The highest BCUT2D eigenvalue weighted by molar-refractivity contribution is 7.85. The maximum Gasteiger partial charge on any atom is 0.294 e. The van der Waals surface area contributed by atoms with Gasteiger partial charge in [-0.25, -0.2) is 0 Å². The van der Waals surface area contributed by atoms with Crippen LogP contribution < -0.4 is 0 Å². The Hall–Kier alpha value is -2.95. The van der Waals surface area contributed by atoms with Crippen molar-refractivity contribution in [1.82, 2.24) is 0 Å². The molecule has 0 aliphatic rings. The van der Waals surface area contributed by atoms with Gasteiger partial charge in [0.15, 0.2) is 0 Å². The van der Waals surface area contributed by atoms with Crippen LogP contribution in [-0.2, 0) is 10.1 Å². The van der Waals surface area contributed by atoms with Crippen LogP contribution in [-0.4, -0.2) is 13.0 Å². The van der Waals surface area contributed by atoms with Crippen LogP contribution >= 0.6 is 0 Å². The summed E-state index contributed by atoms with van der Waals surface area (Å²) in [5, 5.41) is 1.68. The van der Waals surface area contributed by atoms with Crippen LogP contribution in [0.3, 0.4) is 0 Å². The van der Waals surface area contributed by atoms with Gasteiger partial charge in [-0.15, -0.1) is 0 Å². The Morgan fingerprint density at radius 2 is 1.08 bits per heavy atom. The molecule has 0 aromatic heterocycles. The molecule has 0 saturated heterocycles. The first-order valence-electron chi connectivity index (χ1n) is 8.18. The maximum atomic E-state index is 11.5. The molecule has 0 amide bonds. The van der Waals surface area contributed by atoms with Gasteiger partial charge in [0.25, 0.3) is 10.1 Å². The summed E-state index contributed by atoms with van der Waals surface area (Å²) in [7, 11) is -4.23. The van der Waals surface area contributed by atoms with Crippen LogP contribution in [0.1, 0.15) is 0 Å². The van der Waals surface area contributed by atoms with Crippen molar-refractivity contribution in [1.29, 1.82) is 0 Å². The molecule has 4 heteroatoms. The molecule has 4 aromatic carbocycles. The normalized spacial score (nSPS) is 11.6. The van der Waals surface area contributed by atoms with E-state index in [-0.39, 0.29) is 4.90 Å². The fraction of sp³-hybridized carbons (Fsp3) is 0. The van der Waals surface area contributed by atoms with Crippen molar-refractivity contribution >= 4 is 20.9 Å². The fourth-order valence-electron chi connectivity index (χ4n) is 3.15. The van der Waals surface area contributed by atoms with Crippen molar-refractivity contribution in [3.8, 4) is 22.3 Å². The Bertz CT molecular complexity index is 1180. The first kappa shape index (κ1) is 16.5. The summed E-state index contributed by atoms with van der Waals surface area (Å²) < 4.78 is 32.3. The highest BCUT2D eigenvalue weighted by atomic mass is 32.2. The number of hydrogen-bond acceptors (Lipinski definition) is 2. The van der Waals surface area contributed by atoms with Crippen molar-refractivity contribution in [2.45, 2.75) is 4.90 Å². The van der Waals surface area contributed by atoms with Crippen molar-refractivity contribution in [3.63, 3.8) is 0 Å². The quantitative estimate of drug-likeness (QED) is 0.496. The fourth-order valence-corrected chi connectivity index (χ4v) is 3.67. The lowest BCUT2D eigenvalue weighted by atomic mass is 9.91. The Kier molecular flexibility index (Phi) is 4.07. The number of fused-ring (bicyclic) bond motifs is 1. The van der Waals surface area contributed by atoms with Gasteiger partial charge in [0.05, 0.1) is 4.90 Å². The minimum Gasteiger partial charge on any atom is -0.282 e. The molecule has 4 rings (SSSR count). The van der Waals surface area contributed by atoms with E-state index in [1.165, 1.54) is 12.1 Å². The molecule has 0 bridgehead atoms. The van der Waals surface area contributed by atoms with Gasteiger partial charge in [0.2, 0.25) is 0 Å². The molecular formula is C22H16O3S. The second-order valence-corrected chi connectivity index (χ2v) is 7.54. The van der Waals surface area contributed by atoms with E-state index in [1.54, 1.807) is 6.07 Å². The topological polar surface area (TPSA) is 54.4 Å². The SMILES string of the molecule is O=S(=O)(O)c1ccc2cc(-c3ccccc3)c(-c3ccccc3)cc2c1. The summed E-state index contributed by atoms with van der Waals surface area (Å²) in [6.45, 7) is 0. The van der Waals surface area contributed by atoms with E-state index in [9.17, 15) is 13.0 Å². The average molecular weight is 360 g/mol. The first-order chi connectivity index (χ1) is 12.5. The van der Waals surface area contributed by atoms with Gasteiger partial charge in [-0.2, -0.15) is 8.42 Å². The lowest BCUT2D eigenvalue weighted by Gasteiger charge is -2.13. The average Bonchev–Trinajstić information content (AvgIpc) is 2.67. The third kappa shape index (κ3) is 3.12. The van der Waals surface area contributed by atoms with Gasteiger partial charge in [-0.3, -0.25) is 4.55 Å². The Morgan fingerprint density at radius 3 is 1.58 bits per heavy atom. The molecule has 26 heavy (non-hydrogen) atoms. The molecule has 0 heterocycles. The molecule has 128 valence electrons.